The molecule has 0 amide bonds. The van der Waals surface area contributed by atoms with Crippen LogP contribution in [0.5, 0.6) is 11.5 Å². The number of nitrogens with zero attached hydrogens (tertiary/aromatic N) is 4. The van der Waals surface area contributed by atoms with E-state index in [1.54, 1.807) is 12.4 Å². The van der Waals surface area contributed by atoms with Crippen molar-refractivity contribution in [3.8, 4) is 11.5 Å². The minimum Gasteiger partial charge on any atom is -0.373 e. The standard InChI is InChI=1S/C24H27N5O6/c30-28(31)21-9-11-23(17(13-21)15-25-19-5-1-2-6-19)34-27-35-24-12-10-22(29(32)33)14-18(24)16-26-20-7-3-4-8-20/h9-16,19-20,27H,1-8H2/b25-15+,26-16+. The van der Waals surface area contributed by atoms with E-state index >= 15 is 0 Å². The second-order valence-electron chi connectivity index (χ2n) is 8.68. The normalized spacial score (nSPS) is 16.9. The lowest BCUT2D eigenvalue weighted by Gasteiger charge is -2.12. The number of benzene rings is 2. The summed E-state index contributed by atoms with van der Waals surface area (Å²) < 4.78 is 0. The van der Waals surface area contributed by atoms with Crippen molar-refractivity contribution in [3.05, 3.63) is 67.8 Å². The van der Waals surface area contributed by atoms with Gasteiger partial charge in [-0.3, -0.25) is 30.2 Å². The number of nitro groups is 2. The summed E-state index contributed by atoms with van der Waals surface area (Å²) in [4.78, 5) is 41.6. The molecule has 0 bridgehead atoms. The molecule has 2 fully saturated rings. The number of nitrogens with one attached hydrogen (secondary N) is 1. The summed E-state index contributed by atoms with van der Waals surface area (Å²) in [5, 5.41) is 22.4. The first kappa shape index (κ1) is 24.3. The maximum Gasteiger partial charge on any atom is 0.270 e. The minimum atomic E-state index is -0.479. The summed E-state index contributed by atoms with van der Waals surface area (Å²) in [5.41, 5.74) is 3.11. The van der Waals surface area contributed by atoms with Gasteiger partial charge in [-0.2, -0.15) is 0 Å². The summed E-state index contributed by atoms with van der Waals surface area (Å²) >= 11 is 0. The first-order valence-corrected chi connectivity index (χ1v) is 11.7. The van der Waals surface area contributed by atoms with Gasteiger partial charge in [-0.05, 0) is 37.8 Å². The summed E-state index contributed by atoms with van der Waals surface area (Å²) in [7, 11) is 0. The van der Waals surface area contributed by atoms with Gasteiger partial charge >= 0.3 is 0 Å². The molecule has 11 heteroatoms. The first-order chi connectivity index (χ1) is 17.0. The Morgan fingerprint density at radius 1 is 0.743 bits per heavy atom. The van der Waals surface area contributed by atoms with Crippen molar-refractivity contribution in [1.29, 1.82) is 0 Å². The quantitative estimate of drug-likeness (QED) is 0.282. The predicted octanol–water partition coefficient (Wildman–Crippen LogP) is 5.10. The fourth-order valence-electron chi connectivity index (χ4n) is 4.28. The van der Waals surface area contributed by atoms with E-state index in [1.807, 2.05) is 0 Å². The maximum absolute atomic E-state index is 11.2. The molecule has 11 nitrogen and oxygen atoms in total. The van der Waals surface area contributed by atoms with E-state index in [4.69, 9.17) is 9.68 Å². The molecular weight excluding hydrogens is 454 g/mol. The van der Waals surface area contributed by atoms with Gasteiger partial charge < -0.3 is 9.68 Å². The molecule has 0 unspecified atom stereocenters. The second-order valence-corrected chi connectivity index (χ2v) is 8.68. The van der Waals surface area contributed by atoms with E-state index in [2.05, 4.69) is 15.6 Å². The Morgan fingerprint density at radius 3 is 1.51 bits per heavy atom. The average Bonchev–Trinajstić information content (AvgIpc) is 3.56. The zero-order chi connectivity index (χ0) is 24.6. The van der Waals surface area contributed by atoms with Gasteiger partial charge in [-0.25, -0.2) is 0 Å². The molecule has 184 valence electrons. The van der Waals surface area contributed by atoms with E-state index in [0.29, 0.717) is 22.6 Å². The summed E-state index contributed by atoms with van der Waals surface area (Å²) in [6.07, 6.45) is 11.6. The number of nitro benzene ring substituents is 2. The average molecular weight is 482 g/mol. The Hall–Kier alpha value is -3.86. The molecule has 0 aromatic heterocycles. The van der Waals surface area contributed by atoms with Gasteiger partial charge in [0.05, 0.1) is 9.85 Å². The van der Waals surface area contributed by atoms with Gasteiger partial charge in [0.15, 0.2) is 11.5 Å². The van der Waals surface area contributed by atoms with Gasteiger partial charge in [0.25, 0.3) is 11.4 Å². The number of non-ortho nitro benzene ring substituents is 2. The molecule has 0 saturated heterocycles. The predicted molar refractivity (Wildman–Crippen MR) is 130 cm³/mol. The lowest BCUT2D eigenvalue weighted by atomic mass is 10.2. The molecule has 2 aromatic rings. The molecule has 2 aliphatic rings. The third kappa shape index (κ3) is 6.60. The van der Waals surface area contributed by atoms with Crippen molar-refractivity contribution in [1.82, 2.24) is 5.64 Å². The molecule has 0 heterocycles. The highest BCUT2D eigenvalue weighted by Crippen LogP contribution is 2.27. The topological polar surface area (TPSA) is 141 Å². The van der Waals surface area contributed by atoms with Gasteiger partial charge in [-0.1, -0.05) is 25.7 Å². The van der Waals surface area contributed by atoms with E-state index in [9.17, 15) is 20.2 Å². The van der Waals surface area contributed by atoms with Crippen molar-refractivity contribution >= 4 is 23.8 Å². The van der Waals surface area contributed by atoms with E-state index in [-0.39, 0.29) is 23.5 Å². The molecule has 0 spiro atoms. The van der Waals surface area contributed by atoms with Crippen LogP contribution in [0.2, 0.25) is 0 Å². The van der Waals surface area contributed by atoms with Gasteiger partial charge in [-0.15, -0.1) is 0 Å². The van der Waals surface area contributed by atoms with Crippen LogP contribution in [0.25, 0.3) is 0 Å². The van der Waals surface area contributed by atoms with Crippen molar-refractivity contribution in [2.45, 2.75) is 63.5 Å². The Kier molecular flexibility index (Phi) is 7.99. The van der Waals surface area contributed by atoms with Crippen LogP contribution in [-0.4, -0.2) is 34.4 Å². The molecular formula is C24H27N5O6. The SMILES string of the molecule is O=[N+]([O-])c1ccc(ONOc2ccc([N+](=O)[O-])cc2/C=N/C2CCCC2)c(/C=N/C2CCCC2)c1. The van der Waals surface area contributed by atoms with Crippen molar-refractivity contribution < 1.29 is 19.5 Å². The zero-order valence-corrected chi connectivity index (χ0v) is 19.2. The molecule has 0 atom stereocenters. The van der Waals surface area contributed by atoms with Crippen molar-refractivity contribution in [2.75, 3.05) is 0 Å². The smallest absolute Gasteiger partial charge is 0.270 e. The lowest BCUT2D eigenvalue weighted by molar-refractivity contribution is -0.385. The van der Waals surface area contributed by atoms with Crippen LogP contribution in [0.1, 0.15) is 62.5 Å². The Balaban J connectivity index is 1.48. The van der Waals surface area contributed by atoms with Crippen LogP contribution in [0.15, 0.2) is 46.4 Å². The number of rotatable bonds is 10. The Labute approximate surface area is 202 Å². The van der Waals surface area contributed by atoms with E-state index in [1.165, 1.54) is 36.4 Å². The van der Waals surface area contributed by atoms with Crippen LogP contribution >= 0.6 is 0 Å². The monoisotopic (exact) mass is 481 g/mol. The molecule has 4 rings (SSSR count). The van der Waals surface area contributed by atoms with Crippen molar-refractivity contribution in [3.63, 3.8) is 0 Å². The summed E-state index contributed by atoms with van der Waals surface area (Å²) in [5.74, 6) is 0.584. The van der Waals surface area contributed by atoms with Gasteiger partial charge in [0, 0.05) is 65.5 Å². The highest BCUT2D eigenvalue weighted by atomic mass is 16.9. The molecule has 1 N–H and O–H groups in total. The Bertz CT molecular complexity index is 1040. The second kappa shape index (κ2) is 11.5. The molecule has 0 aliphatic heterocycles. The number of hydrogen-bond acceptors (Lipinski definition) is 9. The van der Waals surface area contributed by atoms with Crippen LogP contribution in [-0.2, 0) is 0 Å². The van der Waals surface area contributed by atoms with Crippen molar-refractivity contribution in [2.24, 2.45) is 9.98 Å². The number of hydrogen-bond donors (Lipinski definition) is 1. The first-order valence-electron chi connectivity index (χ1n) is 11.7. The Morgan fingerprint density at radius 2 is 1.14 bits per heavy atom. The molecule has 35 heavy (non-hydrogen) atoms. The minimum absolute atomic E-state index is 0.0769. The van der Waals surface area contributed by atoms with Gasteiger partial charge in [0.1, 0.15) is 0 Å². The molecule has 2 aromatic carbocycles. The third-order valence-electron chi connectivity index (χ3n) is 6.21. The van der Waals surface area contributed by atoms with Gasteiger partial charge in [0.2, 0.25) is 0 Å². The molecule has 2 saturated carbocycles. The highest BCUT2D eigenvalue weighted by Gasteiger charge is 2.17. The fourth-order valence-corrected chi connectivity index (χ4v) is 4.28. The van der Waals surface area contributed by atoms with Crippen LogP contribution in [0, 0.1) is 20.2 Å². The lowest BCUT2D eigenvalue weighted by Crippen LogP contribution is -2.24. The fraction of sp³-hybridized carbons (Fsp3) is 0.417. The largest absolute Gasteiger partial charge is 0.373 e. The molecule has 2 aliphatic carbocycles. The summed E-state index contributed by atoms with van der Waals surface area (Å²) in [6.45, 7) is 0. The third-order valence-corrected chi connectivity index (χ3v) is 6.21. The zero-order valence-electron chi connectivity index (χ0n) is 19.2. The number of aliphatic imine (C=N–C) groups is 2. The summed E-state index contributed by atoms with van der Waals surface area (Å²) in [6, 6.07) is 8.76. The molecule has 0 radical (unpaired) electrons. The highest BCUT2D eigenvalue weighted by molar-refractivity contribution is 5.85. The van der Waals surface area contributed by atoms with E-state index in [0.717, 1.165) is 51.4 Å². The van der Waals surface area contributed by atoms with Crippen LogP contribution in [0.4, 0.5) is 11.4 Å². The van der Waals surface area contributed by atoms with Crippen LogP contribution in [0.3, 0.4) is 0 Å². The maximum atomic E-state index is 11.2. The van der Waals surface area contributed by atoms with E-state index < -0.39 is 9.85 Å². The van der Waals surface area contributed by atoms with Crippen LogP contribution < -0.4 is 15.3 Å².